The maximum absolute atomic E-state index is 11.8. The van der Waals surface area contributed by atoms with Gasteiger partial charge in [0.1, 0.15) is 5.78 Å². The van der Waals surface area contributed by atoms with E-state index in [4.69, 9.17) is 8.85 Å². The largest absolute Gasteiger partial charge is 0.414 e. The fourth-order valence-corrected chi connectivity index (χ4v) is 13.0. The van der Waals surface area contributed by atoms with Crippen molar-refractivity contribution in [1.29, 1.82) is 0 Å². The van der Waals surface area contributed by atoms with Gasteiger partial charge in [-0.3, -0.25) is 0 Å². The van der Waals surface area contributed by atoms with Crippen molar-refractivity contribution in [2.45, 2.75) is 182 Å². The fraction of sp³-hybridized carbons (Fsp3) is 0.973. The van der Waals surface area contributed by atoms with Gasteiger partial charge in [-0.2, -0.15) is 0 Å². The molecule has 0 N–H and O–H groups in total. The molecule has 3 nitrogen and oxygen atoms in total. The van der Waals surface area contributed by atoms with Crippen LogP contribution in [0.1, 0.15) is 133 Å². The van der Waals surface area contributed by atoms with Crippen LogP contribution in [0.25, 0.3) is 0 Å². The molecule has 0 aromatic rings. The van der Waals surface area contributed by atoms with Crippen molar-refractivity contribution in [2.75, 3.05) is 0 Å². The van der Waals surface area contributed by atoms with Gasteiger partial charge in [0.05, 0.1) is 0 Å². The van der Waals surface area contributed by atoms with E-state index in [1.807, 2.05) is 0 Å². The summed E-state index contributed by atoms with van der Waals surface area (Å²) in [7, 11) is -3.75. The minimum absolute atomic E-state index is 0.220. The minimum Gasteiger partial charge on any atom is -0.414 e. The van der Waals surface area contributed by atoms with E-state index in [-0.39, 0.29) is 10.1 Å². The number of ketones is 1. The van der Waals surface area contributed by atoms with Gasteiger partial charge in [-0.25, -0.2) is 0 Å². The van der Waals surface area contributed by atoms with E-state index in [0.29, 0.717) is 40.7 Å². The topological polar surface area (TPSA) is 35.5 Å². The Morgan fingerprint density at radius 2 is 1.33 bits per heavy atom. The number of Topliss-reactive ketones (excluding diaryl/α,β-unsaturated/α-hetero) is 1. The maximum Gasteiger partial charge on any atom is 0.192 e. The molecule has 0 aromatic heterocycles. The van der Waals surface area contributed by atoms with Gasteiger partial charge < -0.3 is 13.6 Å². The van der Waals surface area contributed by atoms with Crippen molar-refractivity contribution < 1.29 is 13.6 Å². The van der Waals surface area contributed by atoms with E-state index >= 15 is 0 Å². The highest BCUT2D eigenvalue weighted by molar-refractivity contribution is 6.74. The zero-order chi connectivity index (χ0) is 31.7. The fourth-order valence-electron chi connectivity index (χ4n) is 10.2. The quantitative estimate of drug-likeness (QED) is 0.254. The molecular weight excluding hydrogens is 549 g/mol. The SMILES string of the molecule is CC(=O)CCC(C)C1CCC2C3CC(O[Si](C)(C)C(C)(C)C)C4CC(O[Si](C)(C)C(C)(C)C)CCC4(C)C3CCC12C. The van der Waals surface area contributed by atoms with E-state index in [1.54, 1.807) is 6.92 Å². The third-order valence-electron chi connectivity index (χ3n) is 14.8. The van der Waals surface area contributed by atoms with Gasteiger partial charge in [0.15, 0.2) is 16.6 Å². The number of fused-ring (bicyclic) bond motifs is 5. The van der Waals surface area contributed by atoms with Gasteiger partial charge >= 0.3 is 0 Å². The third-order valence-corrected chi connectivity index (χ3v) is 23.9. The highest BCUT2D eigenvalue weighted by Gasteiger charge is 2.63. The standard InChI is InChI=1S/C37H70O3Si2/c1-25(15-16-26(2)38)29-17-18-30-28-24-33(40-42(13,14)35(6,7)8)32-23-27(39-41(11,12)34(3,4)5)19-21-37(32,10)31(28)20-22-36(29,30)9/h25,27-33H,15-24H2,1-14H3. The van der Waals surface area contributed by atoms with Crippen molar-refractivity contribution in [3.05, 3.63) is 0 Å². The summed E-state index contributed by atoms with van der Waals surface area (Å²) < 4.78 is 14.7. The van der Waals surface area contributed by atoms with E-state index in [1.165, 1.54) is 51.4 Å². The molecule has 0 heterocycles. The van der Waals surface area contributed by atoms with Crippen LogP contribution in [0.5, 0.6) is 0 Å². The summed E-state index contributed by atoms with van der Waals surface area (Å²) in [5.41, 5.74) is 0.771. The molecule has 10 atom stereocenters. The van der Waals surface area contributed by atoms with Crippen molar-refractivity contribution >= 4 is 22.4 Å². The molecule has 4 fully saturated rings. The molecule has 5 heteroatoms. The Labute approximate surface area is 263 Å². The van der Waals surface area contributed by atoms with E-state index in [9.17, 15) is 4.79 Å². The Kier molecular flexibility index (Phi) is 9.70. The van der Waals surface area contributed by atoms with Gasteiger partial charge in [-0.05, 0) is 147 Å². The molecule has 4 aliphatic rings. The highest BCUT2D eigenvalue weighted by Crippen LogP contribution is 2.69. The first-order valence-electron chi connectivity index (χ1n) is 17.9. The molecule has 0 amide bonds. The summed E-state index contributed by atoms with van der Waals surface area (Å²) in [6, 6.07) is 0. The Bertz CT molecular complexity index is 976. The smallest absolute Gasteiger partial charge is 0.192 e. The van der Waals surface area contributed by atoms with Gasteiger partial charge in [-0.15, -0.1) is 0 Å². The van der Waals surface area contributed by atoms with Gasteiger partial charge in [0, 0.05) is 18.6 Å². The van der Waals surface area contributed by atoms with Gasteiger partial charge in [0.25, 0.3) is 0 Å². The van der Waals surface area contributed by atoms with Gasteiger partial charge in [-0.1, -0.05) is 62.3 Å². The van der Waals surface area contributed by atoms with Crippen LogP contribution < -0.4 is 0 Å². The summed E-state index contributed by atoms with van der Waals surface area (Å²) in [6.07, 6.45) is 13.1. The predicted octanol–water partition coefficient (Wildman–Crippen LogP) is 11.0. The summed E-state index contributed by atoms with van der Waals surface area (Å²) in [6.45, 7) is 33.8. The van der Waals surface area contributed by atoms with Crippen LogP contribution in [0.4, 0.5) is 0 Å². The van der Waals surface area contributed by atoms with Crippen molar-refractivity contribution in [2.24, 2.45) is 46.3 Å². The number of carbonyl (C=O) groups is 1. The summed E-state index contributed by atoms with van der Waals surface area (Å²) in [5.74, 6) is 4.78. The zero-order valence-corrected chi connectivity index (χ0v) is 32.4. The van der Waals surface area contributed by atoms with Crippen LogP contribution in [-0.2, 0) is 13.6 Å². The molecule has 0 aliphatic heterocycles. The van der Waals surface area contributed by atoms with E-state index in [2.05, 4.69) is 88.5 Å². The maximum atomic E-state index is 11.8. The molecule has 42 heavy (non-hydrogen) atoms. The molecule has 4 aliphatic carbocycles. The summed E-state index contributed by atoms with van der Waals surface area (Å²) >= 11 is 0. The first kappa shape index (κ1) is 34.9. The molecule has 0 saturated heterocycles. The van der Waals surface area contributed by atoms with Crippen molar-refractivity contribution in [1.82, 2.24) is 0 Å². The zero-order valence-electron chi connectivity index (χ0n) is 30.4. The lowest BCUT2D eigenvalue weighted by molar-refractivity contribution is -0.167. The van der Waals surface area contributed by atoms with Crippen LogP contribution >= 0.6 is 0 Å². The predicted molar refractivity (Wildman–Crippen MR) is 184 cm³/mol. The summed E-state index contributed by atoms with van der Waals surface area (Å²) in [4.78, 5) is 11.8. The molecule has 0 radical (unpaired) electrons. The Balaban J connectivity index is 1.64. The van der Waals surface area contributed by atoms with E-state index in [0.717, 1.165) is 36.5 Å². The number of carbonyl (C=O) groups excluding carboxylic acids is 1. The van der Waals surface area contributed by atoms with Crippen LogP contribution in [-0.4, -0.2) is 34.6 Å². The molecule has 0 spiro atoms. The number of hydrogen-bond acceptors (Lipinski definition) is 3. The molecule has 4 saturated carbocycles. The van der Waals surface area contributed by atoms with Crippen LogP contribution in [0.15, 0.2) is 0 Å². The Hall–Kier alpha value is 0.0238. The first-order chi connectivity index (χ1) is 19.0. The van der Waals surface area contributed by atoms with Crippen molar-refractivity contribution in [3.63, 3.8) is 0 Å². The van der Waals surface area contributed by atoms with Gasteiger partial charge in [0.2, 0.25) is 0 Å². The lowest BCUT2D eigenvalue weighted by Crippen LogP contribution is -2.61. The average molecular weight is 619 g/mol. The molecule has 0 bridgehead atoms. The number of hydrogen-bond donors (Lipinski definition) is 0. The second kappa shape index (κ2) is 11.7. The second-order valence-corrected chi connectivity index (χ2v) is 28.9. The monoisotopic (exact) mass is 618 g/mol. The van der Waals surface area contributed by atoms with Crippen LogP contribution in [0, 0.1) is 46.3 Å². The number of rotatable bonds is 8. The second-order valence-electron chi connectivity index (χ2n) is 19.4. The highest BCUT2D eigenvalue weighted by atomic mass is 28.4. The minimum atomic E-state index is -1.93. The lowest BCUT2D eigenvalue weighted by Gasteiger charge is -2.64. The first-order valence-corrected chi connectivity index (χ1v) is 23.7. The normalized spacial score (nSPS) is 40.2. The van der Waals surface area contributed by atoms with Crippen molar-refractivity contribution in [3.8, 4) is 0 Å². The average Bonchev–Trinajstić information content (AvgIpc) is 3.19. The van der Waals surface area contributed by atoms with E-state index < -0.39 is 16.6 Å². The Morgan fingerprint density at radius 3 is 1.90 bits per heavy atom. The lowest BCUT2D eigenvalue weighted by atomic mass is 9.43. The summed E-state index contributed by atoms with van der Waals surface area (Å²) in [5, 5.41) is 0.467. The molecule has 4 rings (SSSR count). The Morgan fingerprint density at radius 1 is 0.786 bits per heavy atom. The third kappa shape index (κ3) is 6.34. The molecule has 0 aromatic carbocycles. The van der Waals surface area contributed by atoms with Crippen LogP contribution in [0.2, 0.25) is 36.3 Å². The van der Waals surface area contributed by atoms with Crippen LogP contribution in [0.3, 0.4) is 0 Å². The molecule has 10 unspecified atom stereocenters. The molecular formula is C37H70O3Si2. The molecule has 244 valence electrons.